The third-order valence-corrected chi connectivity index (χ3v) is 14.4. The molecule has 0 unspecified atom stereocenters. The topological polar surface area (TPSA) is 68.3 Å². The van der Waals surface area contributed by atoms with E-state index < -0.39 is 0 Å². The lowest BCUT2D eigenvalue weighted by Crippen LogP contribution is -1.99. The zero-order valence-electron chi connectivity index (χ0n) is 28.2. The van der Waals surface area contributed by atoms with Crippen molar-refractivity contribution in [1.29, 1.82) is 0 Å². The molecule has 0 aliphatic rings. The van der Waals surface area contributed by atoms with E-state index in [-0.39, 0.29) is 20.5 Å². The van der Waals surface area contributed by atoms with E-state index >= 15 is 0 Å². The molecule has 4 nitrogen and oxygen atoms in total. The van der Waals surface area contributed by atoms with Crippen LogP contribution >= 0.6 is 90.7 Å². The fraction of sp³-hybridized carbons (Fsp3) is 0.100. The minimum atomic E-state index is -0.184. The molecule has 0 aliphatic heterocycles. The maximum Gasteiger partial charge on any atom is 0.219 e. The maximum atomic E-state index is 13.1. The van der Waals surface area contributed by atoms with Crippen LogP contribution < -0.4 is 0 Å². The first kappa shape index (κ1) is 41.0. The molecule has 0 atom stereocenters. The molecule has 260 valence electrons. The summed E-state index contributed by atoms with van der Waals surface area (Å²) in [6.45, 7) is 22.1. The number of rotatable bonds is 12. The van der Waals surface area contributed by atoms with Crippen LogP contribution in [0.25, 0.3) is 22.3 Å². The zero-order valence-corrected chi connectivity index (χ0v) is 35.4. The number of hydrogen-bond donors (Lipinski definition) is 0. The standard InChI is InChI=1S/C40H32Br2O4S5/c1-21(2)37(43)48-31-19-11-17-29(33(31)25-13-9-15-27(41)35(25)50-39(45)23(5)6)47-30-18-12-20-32(49-38(44)22(3)4)34(30)26-14-10-16-28(42)36(26)51-40(46)24(7)8/h9-20H,1,3,5,7H2,2,4,6,8H3. The maximum absolute atomic E-state index is 13.1. The molecule has 0 spiro atoms. The average Bonchev–Trinajstić information content (AvgIpc) is 3.06. The predicted octanol–water partition coefficient (Wildman–Crippen LogP) is 13.5. The summed E-state index contributed by atoms with van der Waals surface area (Å²) in [6, 6.07) is 22.8. The quantitative estimate of drug-likeness (QED) is 0.102. The van der Waals surface area contributed by atoms with Gasteiger partial charge in [0.25, 0.3) is 0 Å². The van der Waals surface area contributed by atoms with Crippen molar-refractivity contribution in [2.45, 2.75) is 57.1 Å². The van der Waals surface area contributed by atoms with Gasteiger partial charge in [-0.25, -0.2) is 0 Å². The number of carbonyl (C=O) groups excluding carboxylic acids is 4. The van der Waals surface area contributed by atoms with E-state index in [1.807, 2.05) is 72.8 Å². The highest BCUT2D eigenvalue weighted by atomic mass is 79.9. The SMILES string of the molecule is C=C(C)C(=O)Sc1cccc(Sc2cccc(SC(=O)C(=C)C)c2-c2cccc(Br)c2SC(=O)C(=C)C)c1-c1cccc(Br)c1SC(=O)C(=C)C. The van der Waals surface area contributed by atoms with Gasteiger partial charge in [0.15, 0.2) is 0 Å². The van der Waals surface area contributed by atoms with Gasteiger partial charge >= 0.3 is 0 Å². The largest absolute Gasteiger partial charge is 0.282 e. The molecule has 4 aromatic carbocycles. The summed E-state index contributed by atoms with van der Waals surface area (Å²) in [5.74, 6) is 0. The smallest absolute Gasteiger partial charge is 0.219 e. The fourth-order valence-electron chi connectivity index (χ4n) is 4.36. The second-order valence-electron chi connectivity index (χ2n) is 11.3. The number of thioether (sulfide) groups is 4. The van der Waals surface area contributed by atoms with E-state index in [2.05, 4.69) is 58.2 Å². The molecule has 0 bridgehead atoms. The van der Waals surface area contributed by atoms with Gasteiger partial charge in [-0.3, -0.25) is 19.2 Å². The molecule has 0 saturated heterocycles. The minimum Gasteiger partial charge on any atom is -0.282 e. The molecule has 0 amide bonds. The lowest BCUT2D eigenvalue weighted by atomic mass is 10.1. The zero-order chi connectivity index (χ0) is 37.6. The Morgan fingerprint density at radius 2 is 0.745 bits per heavy atom. The molecule has 0 saturated carbocycles. The van der Waals surface area contributed by atoms with E-state index in [4.69, 9.17) is 0 Å². The third-order valence-electron chi connectivity index (χ3n) is 6.86. The van der Waals surface area contributed by atoms with Crippen LogP contribution in [0, 0.1) is 0 Å². The summed E-state index contributed by atoms with van der Waals surface area (Å²) in [6.07, 6.45) is 0. The Balaban J connectivity index is 2.05. The highest BCUT2D eigenvalue weighted by molar-refractivity contribution is 9.10. The van der Waals surface area contributed by atoms with E-state index in [0.717, 1.165) is 88.0 Å². The summed E-state index contributed by atoms with van der Waals surface area (Å²) < 4.78 is 1.44. The molecular formula is C40H32Br2O4S5. The van der Waals surface area contributed by atoms with Gasteiger partial charge in [-0.05, 0) is 176 Å². The van der Waals surface area contributed by atoms with E-state index in [1.54, 1.807) is 27.7 Å². The minimum absolute atomic E-state index is 0.182. The van der Waals surface area contributed by atoms with Gasteiger partial charge in [0, 0.05) is 49.4 Å². The van der Waals surface area contributed by atoms with Gasteiger partial charge in [0.1, 0.15) is 0 Å². The van der Waals surface area contributed by atoms with Crippen LogP contribution in [0.3, 0.4) is 0 Å². The Morgan fingerprint density at radius 1 is 0.451 bits per heavy atom. The fourth-order valence-corrected chi connectivity index (χ4v) is 10.2. The summed E-state index contributed by atoms with van der Waals surface area (Å²) in [4.78, 5) is 56.6. The molecule has 0 aliphatic carbocycles. The Bertz CT molecular complexity index is 2000. The molecule has 0 N–H and O–H groups in total. The highest BCUT2D eigenvalue weighted by Crippen LogP contribution is 2.51. The molecule has 0 aromatic heterocycles. The van der Waals surface area contributed by atoms with Crippen molar-refractivity contribution in [3.63, 3.8) is 0 Å². The summed E-state index contributed by atoms with van der Waals surface area (Å²) >= 11 is 13.1. The molecule has 51 heavy (non-hydrogen) atoms. The molecule has 0 fully saturated rings. The van der Waals surface area contributed by atoms with Crippen molar-refractivity contribution in [2.75, 3.05) is 0 Å². The summed E-state index contributed by atoms with van der Waals surface area (Å²) in [5.41, 5.74) is 4.64. The number of hydrogen-bond acceptors (Lipinski definition) is 9. The Kier molecular flexibility index (Phi) is 14.7. The summed E-state index contributed by atoms with van der Waals surface area (Å²) in [5, 5.41) is -0.732. The molecular weight excluding hydrogens is 865 g/mol. The number of halogens is 2. The van der Waals surface area contributed by atoms with Gasteiger partial charge in [-0.1, -0.05) is 74.5 Å². The third kappa shape index (κ3) is 10.2. The number of carbonyl (C=O) groups is 4. The molecule has 11 heteroatoms. The molecule has 0 radical (unpaired) electrons. The van der Waals surface area contributed by atoms with Crippen LogP contribution in [-0.2, 0) is 19.2 Å². The van der Waals surface area contributed by atoms with Gasteiger partial charge in [0.2, 0.25) is 20.5 Å². The first-order chi connectivity index (χ1) is 24.1. The van der Waals surface area contributed by atoms with Crippen molar-refractivity contribution in [3.05, 3.63) is 130 Å². The van der Waals surface area contributed by atoms with E-state index in [9.17, 15) is 19.2 Å². The summed E-state index contributed by atoms with van der Waals surface area (Å²) in [7, 11) is 0. The van der Waals surface area contributed by atoms with Gasteiger partial charge < -0.3 is 0 Å². The average molecular weight is 897 g/mol. The van der Waals surface area contributed by atoms with Crippen molar-refractivity contribution in [2.24, 2.45) is 0 Å². The Labute approximate surface area is 337 Å². The second-order valence-corrected chi connectivity index (χ2v) is 18.1. The van der Waals surface area contributed by atoms with Crippen LogP contribution in [0.5, 0.6) is 0 Å². The van der Waals surface area contributed by atoms with Crippen LogP contribution in [0.1, 0.15) is 27.7 Å². The second kappa shape index (κ2) is 18.3. The van der Waals surface area contributed by atoms with Gasteiger partial charge in [-0.15, -0.1) is 0 Å². The lowest BCUT2D eigenvalue weighted by Gasteiger charge is -2.21. The van der Waals surface area contributed by atoms with E-state index in [1.165, 1.54) is 11.8 Å². The van der Waals surface area contributed by atoms with Crippen LogP contribution in [0.15, 0.2) is 160 Å². The normalized spacial score (nSPS) is 10.8. The molecule has 4 aromatic rings. The van der Waals surface area contributed by atoms with Crippen LogP contribution in [-0.4, -0.2) is 20.5 Å². The highest BCUT2D eigenvalue weighted by Gasteiger charge is 2.25. The van der Waals surface area contributed by atoms with Crippen molar-refractivity contribution >= 4 is 111 Å². The molecule has 4 rings (SSSR count). The van der Waals surface area contributed by atoms with Gasteiger partial charge in [-0.2, -0.15) is 0 Å². The van der Waals surface area contributed by atoms with Gasteiger partial charge in [0.05, 0.1) is 0 Å². The van der Waals surface area contributed by atoms with Crippen molar-refractivity contribution in [3.8, 4) is 22.3 Å². The van der Waals surface area contributed by atoms with Crippen molar-refractivity contribution < 1.29 is 19.2 Å². The Hall–Kier alpha value is -2.77. The van der Waals surface area contributed by atoms with E-state index in [0.29, 0.717) is 41.9 Å². The number of benzene rings is 4. The lowest BCUT2D eigenvalue weighted by molar-refractivity contribution is -0.108. The first-order valence-corrected chi connectivity index (χ1v) is 20.8. The first-order valence-electron chi connectivity index (χ1n) is 15.1. The van der Waals surface area contributed by atoms with Crippen LogP contribution in [0.4, 0.5) is 0 Å². The Morgan fingerprint density at radius 3 is 1.08 bits per heavy atom. The molecule has 0 heterocycles. The van der Waals surface area contributed by atoms with Crippen molar-refractivity contribution in [1.82, 2.24) is 0 Å². The predicted molar refractivity (Wildman–Crippen MR) is 226 cm³/mol. The van der Waals surface area contributed by atoms with Crippen LogP contribution in [0.2, 0.25) is 0 Å². The monoisotopic (exact) mass is 894 g/mol.